The average molecular weight is 436 g/mol. The first-order chi connectivity index (χ1) is 14.3. The van der Waals surface area contributed by atoms with E-state index in [0.717, 1.165) is 36.8 Å². The Morgan fingerprint density at radius 2 is 2.07 bits per heavy atom. The molecule has 1 saturated carbocycles. The number of ether oxygens (including phenoxy) is 1. The highest BCUT2D eigenvalue weighted by molar-refractivity contribution is 6.37. The van der Waals surface area contributed by atoms with Gasteiger partial charge in [0.2, 0.25) is 0 Å². The van der Waals surface area contributed by atoms with Gasteiger partial charge in [-0.3, -0.25) is 4.79 Å². The Bertz CT molecular complexity index is 907. The van der Waals surface area contributed by atoms with Crippen LogP contribution in [0.5, 0.6) is 0 Å². The lowest BCUT2D eigenvalue weighted by molar-refractivity contribution is -0.0453. The Kier molecular flexibility index (Phi) is 6.25. The van der Waals surface area contributed by atoms with Gasteiger partial charge < -0.3 is 14.4 Å². The summed E-state index contributed by atoms with van der Waals surface area (Å²) >= 11 is 6.48. The van der Waals surface area contributed by atoms with Crippen molar-refractivity contribution in [1.82, 2.24) is 4.57 Å². The van der Waals surface area contributed by atoms with Crippen LogP contribution in [-0.2, 0) is 11.3 Å². The summed E-state index contributed by atoms with van der Waals surface area (Å²) in [6, 6.07) is 5.69. The number of ketones is 1. The van der Waals surface area contributed by atoms with Crippen LogP contribution in [0.25, 0.3) is 10.9 Å². The first-order valence-electron chi connectivity index (χ1n) is 11.1. The van der Waals surface area contributed by atoms with Crippen LogP contribution < -0.4 is 0 Å². The zero-order chi connectivity index (χ0) is 21.4. The van der Waals surface area contributed by atoms with E-state index >= 15 is 0 Å². The molecule has 1 aliphatic carbocycles. The Morgan fingerprint density at radius 1 is 1.30 bits per heavy atom. The van der Waals surface area contributed by atoms with Gasteiger partial charge in [-0.05, 0) is 70.4 Å². The first kappa shape index (κ1) is 21.8. The quantitative estimate of drug-likeness (QED) is 0.578. The van der Waals surface area contributed by atoms with Crippen LogP contribution in [0, 0.1) is 0 Å². The molecule has 0 spiro atoms. The van der Waals surface area contributed by atoms with Crippen molar-refractivity contribution in [3.05, 3.63) is 35.0 Å². The molecule has 2 aromatic rings. The number of Topliss-reactive ketones (excluding diaryl/α,β-unsaturated/α-hetero) is 1. The number of rotatable bonds is 6. The van der Waals surface area contributed by atoms with Gasteiger partial charge in [0.25, 0.3) is 0 Å². The molecule has 1 aliphatic heterocycles. The number of hydrogen-bond donors (Lipinski definition) is 1. The zero-order valence-electron chi connectivity index (χ0n) is 17.6. The molecule has 1 atom stereocenters. The molecular formula is C24H31ClFNO3. The normalized spacial score (nSPS) is 29.9. The lowest BCUT2D eigenvalue weighted by Crippen LogP contribution is -2.39. The summed E-state index contributed by atoms with van der Waals surface area (Å²) in [7, 11) is 0. The molecule has 1 aromatic heterocycles. The Balaban J connectivity index is 1.52. The highest BCUT2D eigenvalue weighted by Gasteiger charge is 2.39. The van der Waals surface area contributed by atoms with Crippen molar-refractivity contribution in [1.29, 1.82) is 0 Å². The van der Waals surface area contributed by atoms with E-state index in [2.05, 4.69) is 4.57 Å². The third-order valence-electron chi connectivity index (χ3n) is 6.87. The zero-order valence-corrected chi connectivity index (χ0v) is 18.4. The van der Waals surface area contributed by atoms with Crippen LogP contribution in [0.1, 0.15) is 75.1 Å². The van der Waals surface area contributed by atoms with Crippen LogP contribution in [-0.4, -0.2) is 39.4 Å². The highest BCUT2D eigenvalue weighted by atomic mass is 35.5. The number of halogens is 2. The number of hydrogen-bond acceptors (Lipinski definition) is 3. The van der Waals surface area contributed by atoms with Gasteiger partial charge in [-0.1, -0.05) is 17.7 Å². The SMILES string of the molecule is CC1(F)CCC(O)(CCC(=O)c2cn(CC3CCCCO3)c3cccc(Cl)c23)CC1. The van der Waals surface area contributed by atoms with E-state index in [1.165, 1.54) is 0 Å². The molecule has 1 unspecified atom stereocenters. The van der Waals surface area contributed by atoms with E-state index in [1.54, 1.807) is 13.0 Å². The number of aromatic nitrogens is 1. The molecule has 4 rings (SSSR count). The minimum Gasteiger partial charge on any atom is -0.390 e. The lowest BCUT2D eigenvalue weighted by Gasteiger charge is -2.37. The van der Waals surface area contributed by atoms with Crippen LogP contribution in [0.3, 0.4) is 0 Å². The number of carbonyl (C=O) groups excluding carboxylic acids is 1. The monoisotopic (exact) mass is 435 g/mol. The van der Waals surface area contributed by atoms with E-state index in [4.69, 9.17) is 16.3 Å². The molecule has 1 aromatic carbocycles. The molecule has 1 saturated heterocycles. The number of benzene rings is 1. The fraction of sp³-hybridized carbons (Fsp3) is 0.625. The summed E-state index contributed by atoms with van der Waals surface area (Å²) in [5.41, 5.74) is -0.636. The van der Waals surface area contributed by atoms with Crippen LogP contribution >= 0.6 is 11.6 Å². The molecule has 4 nitrogen and oxygen atoms in total. The third kappa shape index (κ3) is 4.74. The second kappa shape index (κ2) is 8.60. The highest BCUT2D eigenvalue weighted by Crippen LogP contribution is 2.40. The minimum atomic E-state index is -1.21. The average Bonchev–Trinajstić information content (AvgIpc) is 3.10. The predicted molar refractivity (Wildman–Crippen MR) is 117 cm³/mol. The van der Waals surface area contributed by atoms with Crippen molar-refractivity contribution < 1.29 is 19.0 Å². The molecule has 0 radical (unpaired) electrons. The van der Waals surface area contributed by atoms with Crippen LogP contribution in [0.2, 0.25) is 5.02 Å². The van der Waals surface area contributed by atoms with E-state index < -0.39 is 11.3 Å². The maximum atomic E-state index is 14.1. The van der Waals surface area contributed by atoms with Crippen molar-refractivity contribution in [2.45, 2.75) is 88.6 Å². The number of nitrogens with zero attached hydrogens (tertiary/aromatic N) is 1. The van der Waals surface area contributed by atoms with E-state index in [-0.39, 0.29) is 18.3 Å². The molecule has 30 heavy (non-hydrogen) atoms. The molecule has 1 N–H and O–H groups in total. The van der Waals surface area contributed by atoms with Gasteiger partial charge in [-0.2, -0.15) is 0 Å². The fourth-order valence-corrected chi connectivity index (χ4v) is 5.08. The fourth-order valence-electron chi connectivity index (χ4n) is 4.81. The minimum absolute atomic E-state index is 0.0292. The van der Waals surface area contributed by atoms with E-state index in [9.17, 15) is 14.3 Å². The molecule has 164 valence electrons. The standard InChI is InChI=1S/C24H31ClFNO3/c1-23(26)10-12-24(29,13-11-23)9-8-21(28)18-16-27(15-17-5-2-3-14-30-17)20-7-4-6-19(25)22(18)20/h4,6-7,16-17,29H,2-3,5,8-15H2,1H3. The van der Waals surface area contributed by atoms with E-state index in [0.29, 0.717) is 49.2 Å². The summed E-state index contributed by atoms with van der Waals surface area (Å²) < 4.78 is 22.0. The largest absolute Gasteiger partial charge is 0.390 e. The Morgan fingerprint density at radius 3 is 2.77 bits per heavy atom. The van der Waals surface area contributed by atoms with Gasteiger partial charge in [0, 0.05) is 36.7 Å². The molecule has 0 amide bonds. The topological polar surface area (TPSA) is 51.5 Å². The van der Waals surface area contributed by atoms with Crippen molar-refractivity contribution in [2.24, 2.45) is 0 Å². The first-order valence-corrected chi connectivity index (χ1v) is 11.5. The van der Waals surface area contributed by atoms with Crippen molar-refractivity contribution in [2.75, 3.05) is 6.61 Å². The smallest absolute Gasteiger partial charge is 0.165 e. The predicted octanol–water partition coefficient (Wildman–Crippen LogP) is 5.86. The molecule has 0 bridgehead atoms. The summed E-state index contributed by atoms with van der Waals surface area (Å²) in [4.78, 5) is 13.1. The van der Waals surface area contributed by atoms with Gasteiger partial charge in [0.1, 0.15) is 5.67 Å². The summed E-state index contributed by atoms with van der Waals surface area (Å²) in [6.45, 7) is 3.07. The van der Waals surface area contributed by atoms with Crippen molar-refractivity contribution >= 4 is 28.3 Å². The molecular weight excluding hydrogens is 405 g/mol. The molecule has 2 fully saturated rings. The molecule has 6 heteroatoms. The summed E-state index contributed by atoms with van der Waals surface area (Å²) in [5.74, 6) is -0.0292. The summed E-state index contributed by atoms with van der Waals surface area (Å²) in [6.07, 6.45) is 7.36. The molecule has 2 heterocycles. The van der Waals surface area contributed by atoms with E-state index in [1.807, 2.05) is 18.3 Å². The number of carbonyl (C=O) groups is 1. The second-order valence-corrected chi connectivity index (χ2v) is 9.79. The maximum absolute atomic E-state index is 14.1. The lowest BCUT2D eigenvalue weighted by atomic mass is 9.75. The third-order valence-corrected chi connectivity index (χ3v) is 7.19. The maximum Gasteiger partial charge on any atom is 0.165 e. The van der Waals surface area contributed by atoms with Gasteiger partial charge >= 0.3 is 0 Å². The van der Waals surface area contributed by atoms with Crippen molar-refractivity contribution in [3.63, 3.8) is 0 Å². The molecule has 2 aliphatic rings. The number of fused-ring (bicyclic) bond motifs is 1. The number of aliphatic hydroxyl groups is 1. The number of alkyl halides is 1. The van der Waals surface area contributed by atoms with Crippen molar-refractivity contribution in [3.8, 4) is 0 Å². The van der Waals surface area contributed by atoms with Gasteiger partial charge in [-0.25, -0.2) is 4.39 Å². The second-order valence-electron chi connectivity index (χ2n) is 9.38. The van der Waals surface area contributed by atoms with Gasteiger partial charge in [0.05, 0.1) is 22.2 Å². The van der Waals surface area contributed by atoms with Crippen LogP contribution in [0.4, 0.5) is 4.39 Å². The van der Waals surface area contributed by atoms with Crippen LogP contribution in [0.15, 0.2) is 24.4 Å². The Labute approximate surface area is 182 Å². The van der Waals surface area contributed by atoms with Gasteiger partial charge in [0.15, 0.2) is 5.78 Å². The van der Waals surface area contributed by atoms with Gasteiger partial charge in [-0.15, -0.1) is 0 Å². The Hall–Kier alpha value is -1.43. The summed E-state index contributed by atoms with van der Waals surface area (Å²) in [5, 5.41) is 12.2.